The van der Waals surface area contributed by atoms with Crippen LogP contribution in [0.1, 0.15) is 35.2 Å². The van der Waals surface area contributed by atoms with Crippen LogP contribution in [0.15, 0.2) is 18.2 Å². The molecule has 0 unspecified atom stereocenters. The van der Waals surface area contributed by atoms with Crippen molar-refractivity contribution >= 4 is 11.7 Å². The van der Waals surface area contributed by atoms with Crippen molar-refractivity contribution < 1.29 is 23.1 Å². The molecule has 0 radical (unpaired) electrons. The number of carboxylic acids is 1. The second-order valence-electron chi connectivity index (χ2n) is 4.58. The fourth-order valence-electron chi connectivity index (χ4n) is 2.29. The third-order valence-corrected chi connectivity index (χ3v) is 3.25. The molecular weight excluding hydrogens is 259 g/mol. The van der Waals surface area contributed by atoms with Gasteiger partial charge in [0.05, 0.1) is 16.8 Å². The highest BCUT2D eigenvalue weighted by molar-refractivity contribution is 5.94. The van der Waals surface area contributed by atoms with Crippen LogP contribution in [0, 0.1) is 0 Å². The summed E-state index contributed by atoms with van der Waals surface area (Å²) in [6.45, 7) is 1.37. The summed E-state index contributed by atoms with van der Waals surface area (Å²) < 4.78 is 37.8. The van der Waals surface area contributed by atoms with Gasteiger partial charge in [-0.2, -0.15) is 13.2 Å². The van der Waals surface area contributed by atoms with E-state index in [0.29, 0.717) is 24.8 Å². The van der Waals surface area contributed by atoms with E-state index in [-0.39, 0.29) is 5.56 Å². The molecule has 104 valence electrons. The largest absolute Gasteiger partial charge is 0.478 e. The Morgan fingerprint density at radius 1 is 1.16 bits per heavy atom. The van der Waals surface area contributed by atoms with Gasteiger partial charge in [-0.3, -0.25) is 0 Å². The molecule has 3 nitrogen and oxygen atoms in total. The lowest BCUT2D eigenvalue weighted by Gasteiger charge is -2.30. The number of carboxylic acid groups (broad SMARTS) is 1. The maximum atomic E-state index is 12.6. The van der Waals surface area contributed by atoms with Gasteiger partial charge in [0.2, 0.25) is 0 Å². The first kappa shape index (κ1) is 13.7. The average Bonchev–Trinajstić information content (AvgIpc) is 2.38. The summed E-state index contributed by atoms with van der Waals surface area (Å²) in [7, 11) is 0. The number of hydrogen-bond donors (Lipinski definition) is 1. The molecule has 0 aromatic heterocycles. The molecule has 19 heavy (non-hydrogen) atoms. The lowest BCUT2D eigenvalue weighted by molar-refractivity contribution is -0.137. The maximum Gasteiger partial charge on any atom is 0.416 e. The average molecular weight is 273 g/mol. The standard InChI is InChI=1S/C13H14F3NO2/c14-13(15,16)9-4-5-11(10(8-9)12(18)19)17-6-2-1-3-7-17/h4-5,8H,1-3,6-7H2,(H,18,19). The number of anilines is 1. The highest BCUT2D eigenvalue weighted by Gasteiger charge is 2.32. The van der Waals surface area contributed by atoms with Crippen LogP contribution in [0.5, 0.6) is 0 Å². The normalized spacial score (nSPS) is 16.5. The van der Waals surface area contributed by atoms with Gasteiger partial charge in [0, 0.05) is 13.1 Å². The van der Waals surface area contributed by atoms with Gasteiger partial charge in [-0.1, -0.05) is 0 Å². The number of piperidine rings is 1. The van der Waals surface area contributed by atoms with Gasteiger partial charge in [0.15, 0.2) is 0 Å². The number of halogens is 3. The van der Waals surface area contributed by atoms with Gasteiger partial charge in [-0.05, 0) is 37.5 Å². The van der Waals surface area contributed by atoms with Crippen molar-refractivity contribution in [3.63, 3.8) is 0 Å². The topological polar surface area (TPSA) is 40.5 Å². The Labute approximate surface area is 108 Å². The van der Waals surface area contributed by atoms with E-state index in [0.717, 1.165) is 25.3 Å². The number of rotatable bonds is 2. The highest BCUT2D eigenvalue weighted by atomic mass is 19.4. The Morgan fingerprint density at radius 2 is 1.79 bits per heavy atom. The summed E-state index contributed by atoms with van der Waals surface area (Å²) in [6.07, 6.45) is -1.59. The Bertz CT molecular complexity index is 479. The van der Waals surface area contributed by atoms with Gasteiger partial charge in [-0.25, -0.2) is 4.79 Å². The molecule has 1 heterocycles. The molecule has 1 aliphatic rings. The fourth-order valence-corrected chi connectivity index (χ4v) is 2.29. The number of alkyl halides is 3. The SMILES string of the molecule is O=C(O)c1cc(C(F)(F)F)ccc1N1CCCCC1. The second-order valence-corrected chi connectivity index (χ2v) is 4.58. The van der Waals surface area contributed by atoms with E-state index >= 15 is 0 Å². The molecule has 6 heteroatoms. The third-order valence-electron chi connectivity index (χ3n) is 3.25. The number of benzene rings is 1. The van der Waals surface area contributed by atoms with Crippen LogP contribution >= 0.6 is 0 Å². The van der Waals surface area contributed by atoms with Crippen LogP contribution in [0.25, 0.3) is 0 Å². The zero-order chi connectivity index (χ0) is 14.0. The molecule has 1 aromatic carbocycles. The minimum Gasteiger partial charge on any atom is -0.478 e. The Balaban J connectivity index is 2.40. The van der Waals surface area contributed by atoms with E-state index in [9.17, 15) is 18.0 Å². The summed E-state index contributed by atoms with van der Waals surface area (Å²) in [5.41, 5.74) is -0.831. The molecular formula is C13H14F3NO2. The molecule has 1 aromatic rings. The van der Waals surface area contributed by atoms with Crippen molar-refractivity contribution in [2.45, 2.75) is 25.4 Å². The Kier molecular flexibility index (Phi) is 3.68. The van der Waals surface area contributed by atoms with Crippen LogP contribution < -0.4 is 4.90 Å². The molecule has 1 N–H and O–H groups in total. The summed E-state index contributed by atoms with van der Waals surface area (Å²) >= 11 is 0. The van der Waals surface area contributed by atoms with Crippen molar-refractivity contribution in [2.24, 2.45) is 0 Å². The molecule has 0 amide bonds. The van der Waals surface area contributed by atoms with Crippen molar-refractivity contribution in [1.29, 1.82) is 0 Å². The van der Waals surface area contributed by atoms with Crippen LogP contribution in [-0.2, 0) is 6.18 Å². The highest BCUT2D eigenvalue weighted by Crippen LogP contribution is 2.33. The molecule has 0 aliphatic carbocycles. The minimum atomic E-state index is -4.52. The van der Waals surface area contributed by atoms with E-state index in [1.54, 1.807) is 0 Å². The van der Waals surface area contributed by atoms with Gasteiger partial charge < -0.3 is 10.0 Å². The Morgan fingerprint density at radius 3 is 2.32 bits per heavy atom. The Hall–Kier alpha value is -1.72. The molecule has 0 bridgehead atoms. The predicted molar refractivity (Wildman–Crippen MR) is 64.5 cm³/mol. The number of aromatic carboxylic acids is 1. The minimum absolute atomic E-state index is 0.281. The van der Waals surface area contributed by atoms with Gasteiger partial charge in [0.25, 0.3) is 0 Å². The molecule has 1 saturated heterocycles. The first-order valence-corrected chi connectivity index (χ1v) is 6.09. The van der Waals surface area contributed by atoms with Crippen molar-refractivity contribution in [3.8, 4) is 0 Å². The van der Waals surface area contributed by atoms with E-state index in [4.69, 9.17) is 5.11 Å². The van der Waals surface area contributed by atoms with E-state index < -0.39 is 17.7 Å². The first-order valence-electron chi connectivity index (χ1n) is 6.09. The number of hydrogen-bond acceptors (Lipinski definition) is 2. The summed E-state index contributed by atoms with van der Waals surface area (Å²) in [5.74, 6) is -1.33. The third kappa shape index (κ3) is 3.00. The predicted octanol–water partition coefficient (Wildman–Crippen LogP) is 3.39. The molecule has 2 rings (SSSR count). The van der Waals surface area contributed by atoms with Crippen LogP contribution in [0.3, 0.4) is 0 Å². The van der Waals surface area contributed by atoms with E-state index in [1.807, 2.05) is 4.90 Å². The van der Waals surface area contributed by atoms with E-state index in [2.05, 4.69) is 0 Å². The lowest BCUT2D eigenvalue weighted by atomic mass is 10.0. The smallest absolute Gasteiger partial charge is 0.416 e. The van der Waals surface area contributed by atoms with Crippen molar-refractivity contribution in [3.05, 3.63) is 29.3 Å². The lowest BCUT2D eigenvalue weighted by Crippen LogP contribution is -2.31. The maximum absolute atomic E-state index is 12.6. The monoisotopic (exact) mass is 273 g/mol. The van der Waals surface area contributed by atoms with Gasteiger partial charge in [-0.15, -0.1) is 0 Å². The molecule has 0 atom stereocenters. The fraction of sp³-hybridized carbons (Fsp3) is 0.462. The molecule has 1 fully saturated rings. The zero-order valence-corrected chi connectivity index (χ0v) is 10.2. The van der Waals surface area contributed by atoms with E-state index in [1.165, 1.54) is 6.07 Å². The van der Waals surface area contributed by atoms with Gasteiger partial charge >= 0.3 is 12.1 Å². The number of nitrogens with zero attached hydrogens (tertiary/aromatic N) is 1. The van der Waals surface area contributed by atoms with Crippen LogP contribution in [0.2, 0.25) is 0 Å². The first-order chi connectivity index (χ1) is 8.89. The van der Waals surface area contributed by atoms with Gasteiger partial charge in [0.1, 0.15) is 0 Å². The summed E-state index contributed by atoms with van der Waals surface area (Å²) in [5, 5.41) is 9.09. The van der Waals surface area contributed by atoms with Crippen molar-refractivity contribution in [1.82, 2.24) is 0 Å². The van der Waals surface area contributed by atoms with Crippen molar-refractivity contribution in [2.75, 3.05) is 18.0 Å². The quantitative estimate of drug-likeness (QED) is 0.897. The summed E-state index contributed by atoms with van der Waals surface area (Å²) in [6, 6.07) is 2.92. The molecule has 0 saturated carbocycles. The zero-order valence-electron chi connectivity index (χ0n) is 10.2. The number of carbonyl (C=O) groups is 1. The molecule has 1 aliphatic heterocycles. The van der Waals surface area contributed by atoms with Crippen LogP contribution in [-0.4, -0.2) is 24.2 Å². The summed E-state index contributed by atoms with van der Waals surface area (Å²) in [4.78, 5) is 13.0. The van der Waals surface area contributed by atoms with Crippen LogP contribution in [0.4, 0.5) is 18.9 Å². The molecule has 0 spiro atoms. The second kappa shape index (κ2) is 5.11.